The molecule has 1 heterocycles. The zero-order valence-electron chi connectivity index (χ0n) is 12.5. The van der Waals surface area contributed by atoms with E-state index in [1.54, 1.807) is 17.3 Å². The van der Waals surface area contributed by atoms with Crippen LogP contribution < -0.4 is 5.73 Å². The second-order valence-corrected chi connectivity index (χ2v) is 7.65. The van der Waals surface area contributed by atoms with Gasteiger partial charge < -0.3 is 5.73 Å². The zero-order chi connectivity index (χ0) is 14.9. The average molecular weight is 296 g/mol. The number of hydrogen-bond donors (Lipinski definition) is 1. The van der Waals surface area contributed by atoms with E-state index in [0.717, 1.165) is 31.2 Å². The fraction of sp³-hybridized carbons (Fsp3) is 0.600. The monoisotopic (exact) mass is 296 g/mol. The molecule has 1 saturated heterocycles. The summed E-state index contributed by atoms with van der Waals surface area (Å²) in [4.78, 5) is 0.365. The van der Waals surface area contributed by atoms with Gasteiger partial charge in [0, 0.05) is 18.3 Å². The van der Waals surface area contributed by atoms with Crippen LogP contribution in [-0.4, -0.2) is 25.3 Å². The largest absolute Gasteiger partial charge is 0.398 e. The van der Waals surface area contributed by atoms with Crippen molar-refractivity contribution in [3.8, 4) is 0 Å². The molecular weight excluding hydrogens is 272 g/mol. The Kier molecular flexibility index (Phi) is 4.39. The maximum absolute atomic E-state index is 12.9. The van der Waals surface area contributed by atoms with Crippen LogP contribution in [0.2, 0.25) is 0 Å². The van der Waals surface area contributed by atoms with Gasteiger partial charge >= 0.3 is 0 Å². The summed E-state index contributed by atoms with van der Waals surface area (Å²) in [5.74, 6) is 0. The fourth-order valence-corrected chi connectivity index (χ4v) is 4.89. The highest BCUT2D eigenvalue weighted by Crippen LogP contribution is 2.29. The van der Waals surface area contributed by atoms with Gasteiger partial charge in [0.1, 0.15) is 0 Å². The maximum Gasteiger partial charge on any atom is 0.243 e. The molecule has 0 aliphatic carbocycles. The molecule has 0 spiro atoms. The number of nitrogen functional groups attached to an aromatic ring is 1. The van der Waals surface area contributed by atoms with Gasteiger partial charge in [0.05, 0.1) is 4.90 Å². The van der Waals surface area contributed by atoms with Gasteiger partial charge in [-0.1, -0.05) is 12.8 Å². The van der Waals surface area contributed by atoms with Crippen molar-refractivity contribution in [1.29, 1.82) is 0 Å². The number of anilines is 1. The molecule has 112 valence electrons. The van der Waals surface area contributed by atoms with Crippen LogP contribution >= 0.6 is 0 Å². The van der Waals surface area contributed by atoms with Crippen LogP contribution in [0.3, 0.4) is 0 Å². The van der Waals surface area contributed by atoms with Crippen molar-refractivity contribution in [2.24, 2.45) is 0 Å². The van der Waals surface area contributed by atoms with Crippen LogP contribution in [0.15, 0.2) is 17.0 Å². The van der Waals surface area contributed by atoms with Crippen LogP contribution in [0.5, 0.6) is 0 Å². The predicted octanol–water partition coefficient (Wildman–Crippen LogP) is 2.84. The highest BCUT2D eigenvalue weighted by molar-refractivity contribution is 7.89. The van der Waals surface area contributed by atoms with E-state index in [-0.39, 0.29) is 6.04 Å². The lowest BCUT2D eigenvalue weighted by molar-refractivity contribution is 0.342. The minimum absolute atomic E-state index is 0.0589. The Hall–Kier alpha value is -1.07. The van der Waals surface area contributed by atoms with Gasteiger partial charge in [-0.3, -0.25) is 0 Å². The third-order valence-corrected chi connectivity index (χ3v) is 6.26. The summed E-state index contributed by atoms with van der Waals surface area (Å²) < 4.78 is 27.5. The third kappa shape index (κ3) is 2.83. The summed E-state index contributed by atoms with van der Waals surface area (Å²) in [6, 6.07) is 3.61. The smallest absolute Gasteiger partial charge is 0.243 e. The maximum atomic E-state index is 12.9. The first-order chi connectivity index (χ1) is 9.34. The Balaban J connectivity index is 2.49. The quantitative estimate of drug-likeness (QED) is 0.854. The van der Waals surface area contributed by atoms with Gasteiger partial charge in [0.15, 0.2) is 0 Å². The topological polar surface area (TPSA) is 63.4 Å². The summed E-state index contributed by atoms with van der Waals surface area (Å²) in [7, 11) is -3.46. The van der Waals surface area contributed by atoms with Crippen molar-refractivity contribution in [3.63, 3.8) is 0 Å². The van der Waals surface area contributed by atoms with E-state index in [0.29, 0.717) is 22.7 Å². The standard InChI is InChI=1S/C15H24N2O2S/c1-11-9-14(16)13(3)15(10-11)20(18,19)17-8-6-4-5-7-12(17)2/h9-10,12H,4-8,16H2,1-3H3. The molecule has 1 unspecified atom stereocenters. The fourth-order valence-electron chi connectivity index (χ4n) is 2.85. The van der Waals surface area contributed by atoms with Crippen LogP contribution in [0, 0.1) is 13.8 Å². The number of rotatable bonds is 2. The number of nitrogens with two attached hydrogens (primary N) is 1. The van der Waals surface area contributed by atoms with Crippen molar-refractivity contribution in [2.75, 3.05) is 12.3 Å². The van der Waals surface area contributed by atoms with E-state index < -0.39 is 10.0 Å². The highest BCUT2D eigenvalue weighted by atomic mass is 32.2. The lowest BCUT2D eigenvalue weighted by Crippen LogP contribution is -2.38. The summed E-state index contributed by atoms with van der Waals surface area (Å²) >= 11 is 0. The van der Waals surface area contributed by atoms with Crippen LogP contribution in [0.25, 0.3) is 0 Å². The van der Waals surface area contributed by atoms with Gasteiger partial charge in [-0.25, -0.2) is 8.42 Å². The number of benzene rings is 1. The predicted molar refractivity (Wildman–Crippen MR) is 82.2 cm³/mol. The van der Waals surface area contributed by atoms with E-state index in [1.807, 2.05) is 19.9 Å². The molecule has 0 aromatic heterocycles. The molecule has 1 aromatic rings. The van der Waals surface area contributed by atoms with Crippen molar-refractivity contribution >= 4 is 15.7 Å². The normalized spacial score (nSPS) is 21.6. The lowest BCUT2D eigenvalue weighted by Gasteiger charge is -2.27. The minimum atomic E-state index is -3.46. The number of hydrogen-bond acceptors (Lipinski definition) is 3. The summed E-state index contributed by atoms with van der Waals surface area (Å²) in [5.41, 5.74) is 8.02. The van der Waals surface area contributed by atoms with Crippen molar-refractivity contribution < 1.29 is 8.42 Å². The number of aryl methyl sites for hydroxylation is 1. The van der Waals surface area contributed by atoms with Gasteiger partial charge in [-0.2, -0.15) is 4.31 Å². The average Bonchev–Trinajstić information content (AvgIpc) is 2.58. The molecule has 2 N–H and O–H groups in total. The lowest BCUT2D eigenvalue weighted by atomic mass is 10.1. The molecule has 0 saturated carbocycles. The van der Waals surface area contributed by atoms with Gasteiger partial charge in [0.25, 0.3) is 0 Å². The Morgan fingerprint density at radius 3 is 2.60 bits per heavy atom. The molecule has 1 atom stereocenters. The third-order valence-electron chi connectivity index (χ3n) is 4.12. The van der Waals surface area contributed by atoms with Crippen LogP contribution in [0.1, 0.15) is 43.7 Å². The first kappa shape index (κ1) is 15.3. The Bertz CT molecular complexity index is 596. The molecule has 0 amide bonds. The second-order valence-electron chi connectivity index (χ2n) is 5.79. The molecule has 4 nitrogen and oxygen atoms in total. The van der Waals surface area contributed by atoms with E-state index in [9.17, 15) is 8.42 Å². The first-order valence-electron chi connectivity index (χ1n) is 7.22. The molecule has 1 aliphatic rings. The Morgan fingerprint density at radius 1 is 1.20 bits per heavy atom. The molecule has 1 aliphatic heterocycles. The van der Waals surface area contributed by atoms with E-state index >= 15 is 0 Å². The molecule has 0 radical (unpaired) electrons. The molecule has 1 fully saturated rings. The van der Waals surface area contributed by atoms with Gasteiger partial charge in [-0.15, -0.1) is 0 Å². The molecular formula is C15H24N2O2S. The molecule has 1 aromatic carbocycles. The number of nitrogens with zero attached hydrogens (tertiary/aromatic N) is 1. The van der Waals surface area contributed by atoms with Crippen molar-refractivity contribution in [2.45, 2.75) is 57.4 Å². The van der Waals surface area contributed by atoms with E-state index in [2.05, 4.69) is 0 Å². The summed E-state index contributed by atoms with van der Waals surface area (Å²) in [6.45, 7) is 6.26. The van der Waals surface area contributed by atoms with E-state index in [4.69, 9.17) is 5.73 Å². The summed E-state index contributed by atoms with van der Waals surface area (Å²) in [5, 5.41) is 0. The minimum Gasteiger partial charge on any atom is -0.398 e. The van der Waals surface area contributed by atoms with E-state index in [1.165, 1.54) is 0 Å². The zero-order valence-corrected chi connectivity index (χ0v) is 13.3. The van der Waals surface area contributed by atoms with Crippen molar-refractivity contribution in [3.05, 3.63) is 23.3 Å². The Labute approximate surface area is 122 Å². The second kappa shape index (κ2) is 5.74. The molecule has 20 heavy (non-hydrogen) atoms. The van der Waals surface area contributed by atoms with Gasteiger partial charge in [-0.05, 0) is 56.9 Å². The van der Waals surface area contributed by atoms with Crippen LogP contribution in [-0.2, 0) is 10.0 Å². The van der Waals surface area contributed by atoms with Crippen LogP contribution in [0.4, 0.5) is 5.69 Å². The SMILES string of the molecule is Cc1cc(N)c(C)c(S(=O)(=O)N2CCCCCC2C)c1. The first-order valence-corrected chi connectivity index (χ1v) is 8.66. The van der Waals surface area contributed by atoms with Crippen molar-refractivity contribution in [1.82, 2.24) is 4.31 Å². The number of sulfonamides is 1. The summed E-state index contributed by atoms with van der Waals surface area (Å²) in [6.07, 6.45) is 4.07. The molecule has 2 rings (SSSR count). The van der Waals surface area contributed by atoms with Gasteiger partial charge in [0.2, 0.25) is 10.0 Å². The molecule has 5 heteroatoms. The molecule has 0 bridgehead atoms. The Morgan fingerprint density at radius 2 is 1.90 bits per heavy atom. The highest BCUT2D eigenvalue weighted by Gasteiger charge is 2.31.